The van der Waals surface area contributed by atoms with Gasteiger partial charge in [-0.25, -0.2) is 4.68 Å². The Morgan fingerprint density at radius 2 is 2.08 bits per heavy atom. The summed E-state index contributed by atoms with van der Waals surface area (Å²) in [5, 5.41) is 9.36. The Bertz CT molecular complexity index is 659. The van der Waals surface area contributed by atoms with Gasteiger partial charge < -0.3 is 9.47 Å². The molecule has 1 aliphatic rings. The zero-order valence-electron chi connectivity index (χ0n) is 14.1. The highest BCUT2D eigenvalue weighted by atomic mass is 35.5. The van der Waals surface area contributed by atoms with E-state index in [1.165, 1.54) is 5.69 Å². The van der Waals surface area contributed by atoms with E-state index >= 15 is 0 Å². The van der Waals surface area contributed by atoms with Crippen molar-refractivity contribution in [3.8, 4) is 5.75 Å². The lowest BCUT2D eigenvalue weighted by Gasteiger charge is -2.34. The quantitative estimate of drug-likeness (QED) is 0.768. The molecule has 7 heteroatoms. The maximum Gasteiger partial charge on any atom is 0.119 e. The molecule has 1 unspecified atom stereocenters. The summed E-state index contributed by atoms with van der Waals surface area (Å²) in [6.45, 7) is 5.93. The third-order valence-corrected chi connectivity index (χ3v) is 4.60. The molecular formula is C17H23ClN4O2. The van der Waals surface area contributed by atoms with Gasteiger partial charge in [-0.05, 0) is 31.2 Å². The number of benzene rings is 1. The third kappa shape index (κ3) is 3.71. The molecule has 6 nitrogen and oxygen atoms in total. The van der Waals surface area contributed by atoms with Crippen LogP contribution < -0.4 is 4.74 Å². The van der Waals surface area contributed by atoms with Crippen LogP contribution in [0.25, 0.3) is 0 Å². The fourth-order valence-corrected chi connectivity index (χ4v) is 3.24. The molecule has 1 aromatic heterocycles. The molecule has 1 aromatic carbocycles. The highest BCUT2D eigenvalue weighted by Crippen LogP contribution is 2.28. The second-order valence-electron chi connectivity index (χ2n) is 5.80. The van der Waals surface area contributed by atoms with Crippen LogP contribution in [-0.4, -0.2) is 53.3 Å². The summed E-state index contributed by atoms with van der Waals surface area (Å²) < 4.78 is 13.2. The van der Waals surface area contributed by atoms with Crippen molar-refractivity contribution in [1.29, 1.82) is 0 Å². The number of ether oxygens (including phenoxy) is 2. The third-order valence-electron chi connectivity index (χ3n) is 4.34. The Morgan fingerprint density at radius 3 is 2.79 bits per heavy atom. The topological polar surface area (TPSA) is 52.4 Å². The molecule has 0 bridgehead atoms. The zero-order chi connectivity index (χ0) is 16.9. The molecule has 0 aliphatic carbocycles. The van der Waals surface area contributed by atoms with Crippen LogP contribution in [0.1, 0.15) is 24.4 Å². The van der Waals surface area contributed by atoms with Gasteiger partial charge in [-0.2, -0.15) is 0 Å². The van der Waals surface area contributed by atoms with Crippen LogP contribution in [-0.2, 0) is 17.7 Å². The van der Waals surface area contributed by atoms with Crippen molar-refractivity contribution >= 4 is 11.6 Å². The van der Waals surface area contributed by atoms with Crippen LogP contribution >= 0.6 is 11.6 Å². The van der Waals surface area contributed by atoms with E-state index in [2.05, 4.69) is 22.1 Å². The molecule has 0 N–H and O–H groups in total. The van der Waals surface area contributed by atoms with Crippen molar-refractivity contribution < 1.29 is 9.47 Å². The second-order valence-corrected chi connectivity index (χ2v) is 6.23. The van der Waals surface area contributed by atoms with E-state index in [0.717, 1.165) is 37.5 Å². The maximum absolute atomic E-state index is 5.89. The minimum atomic E-state index is 0.132. The van der Waals surface area contributed by atoms with Crippen molar-refractivity contribution in [1.82, 2.24) is 19.9 Å². The summed E-state index contributed by atoms with van der Waals surface area (Å²) in [4.78, 5) is 2.36. The smallest absolute Gasteiger partial charge is 0.119 e. The number of fused-ring (bicyclic) bond motifs is 1. The highest BCUT2D eigenvalue weighted by Gasteiger charge is 2.31. The molecule has 2 heterocycles. The first-order chi connectivity index (χ1) is 11.7. The normalized spacial score (nSPS) is 17.7. The molecule has 0 amide bonds. The molecule has 1 aliphatic heterocycles. The number of aromatic nitrogens is 3. The molecule has 2 aromatic rings. The Balaban J connectivity index is 1.63. The first kappa shape index (κ1) is 17.2. The van der Waals surface area contributed by atoms with Gasteiger partial charge >= 0.3 is 0 Å². The number of nitrogens with zero attached hydrogens (tertiary/aromatic N) is 4. The number of halogens is 1. The van der Waals surface area contributed by atoms with E-state index in [1.807, 2.05) is 28.9 Å². The number of methoxy groups -OCH3 is 1. The van der Waals surface area contributed by atoms with Crippen LogP contribution in [0.5, 0.6) is 5.75 Å². The molecule has 0 saturated heterocycles. The monoisotopic (exact) mass is 350 g/mol. The SMILES string of the molecule is CCn1nnc2c1CCN(CCOc1ccc(Cl)cc1)C2COC. The van der Waals surface area contributed by atoms with E-state index < -0.39 is 0 Å². The van der Waals surface area contributed by atoms with Gasteiger partial charge in [-0.1, -0.05) is 16.8 Å². The lowest BCUT2D eigenvalue weighted by atomic mass is 10.0. The van der Waals surface area contributed by atoms with Gasteiger partial charge in [0.2, 0.25) is 0 Å². The number of aryl methyl sites for hydroxylation is 1. The summed E-state index contributed by atoms with van der Waals surface area (Å²) in [5.74, 6) is 0.831. The second kappa shape index (κ2) is 7.96. The van der Waals surface area contributed by atoms with E-state index in [4.69, 9.17) is 21.1 Å². The highest BCUT2D eigenvalue weighted by molar-refractivity contribution is 6.30. The first-order valence-corrected chi connectivity index (χ1v) is 8.64. The molecule has 0 radical (unpaired) electrons. The van der Waals surface area contributed by atoms with Gasteiger partial charge in [0, 0.05) is 38.2 Å². The summed E-state index contributed by atoms with van der Waals surface area (Å²) in [6.07, 6.45) is 0.956. The van der Waals surface area contributed by atoms with Crippen LogP contribution in [0.15, 0.2) is 24.3 Å². The van der Waals surface area contributed by atoms with Crippen molar-refractivity contribution in [2.75, 3.05) is 33.4 Å². The Morgan fingerprint density at radius 1 is 1.29 bits per heavy atom. The summed E-state index contributed by atoms with van der Waals surface area (Å²) in [6, 6.07) is 7.57. The van der Waals surface area contributed by atoms with E-state index in [-0.39, 0.29) is 6.04 Å². The predicted octanol–water partition coefficient (Wildman–Crippen LogP) is 2.58. The van der Waals surface area contributed by atoms with Gasteiger partial charge in [0.15, 0.2) is 0 Å². The number of hydrogen-bond acceptors (Lipinski definition) is 5. The summed E-state index contributed by atoms with van der Waals surface area (Å²) in [7, 11) is 1.72. The number of rotatable bonds is 7. The minimum absolute atomic E-state index is 0.132. The Hall–Kier alpha value is -1.63. The molecule has 24 heavy (non-hydrogen) atoms. The fraction of sp³-hybridized carbons (Fsp3) is 0.529. The van der Waals surface area contributed by atoms with Crippen molar-refractivity contribution in [3.05, 3.63) is 40.7 Å². The first-order valence-electron chi connectivity index (χ1n) is 8.26. The molecule has 3 rings (SSSR count). The van der Waals surface area contributed by atoms with Gasteiger partial charge in [0.1, 0.15) is 18.1 Å². The van der Waals surface area contributed by atoms with Crippen LogP contribution in [0.2, 0.25) is 5.02 Å². The molecule has 0 spiro atoms. The molecule has 1 atom stereocenters. The number of hydrogen-bond donors (Lipinski definition) is 0. The average molecular weight is 351 g/mol. The van der Waals surface area contributed by atoms with Crippen LogP contribution in [0.3, 0.4) is 0 Å². The van der Waals surface area contributed by atoms with E-state index in [1.54, 1.807) is 7.11 Å². The summed E-state index contributed by atoms with van der Waals surface area (Å²) in [5.41, 5.74) is 2.27. The molecule has 0 fully saturated rings. The maximum atomic E-state index is 5.89. The van der Waals surface area contributed by atoms with E-state index in [9.17, 15) is 0 Å². The Kier molecular flexibility index (Phi) is 5.71. The van der Waals surface area contributed by atoms with Crippen LogP contribution in [0, 0.1) is 0 Å². The van der Waals surface area contributed by atoms with Crippen molar-refractivity contribution in [2.45, 2.75) is 25.9 Å². The molecular weight excluding hydrogens is 328 g/mol. The van der Waals surface area contributed by atoms with Crippen LogP contribution in [0.4, 0.5) is 0 Å². The van der Waals surface area contributed by atoms with Gasteiger partial charge in [0.05, 0.1) is 18.3 Å². The standard InChI is InChI=1S/C17H23ClN4O2/c1-3-22-15-8-9-21(16(12-23-2)17(15)19-20-22)10-11-24-14-6-4-13(18)5-7-14/h4-7,16H,3,8-12H2,1-2H3. The van der Waals surface area contributed by atoms with Gasteiger partial charge in [-0.3, -0.25) is 4.90 Å². The van der Waals surface area contributed by atoms with Gasteiger partial charge in [0.25, 0.3) is 0 Å². The lowest BCUT2D eigenvalue weighted by Crippen LogP contribution is -2.40. The fourth-order valence-electron chi connectivity index (χ4n) is 3.12. The minimum Gasteiger partial charge on any atom is -0.492 e. The van der Waals surface area contributed by atoms with E-state index in [0.29, 0.717) is 18.2 Å². The zero-order valence-corrected chi connectivity index (χ0v) is 14.9. The largest absolute Gasteiger partial charge is 0.492 e. The van der Waals surface area contributed by atoms with Crippen molar-refractivity contribution in [3.63, 3.8) is 0 Å². The lowest BCUT2D eigenvalue weighted by molar-refractivity contribution is 0.0700. The van der Waals surface area contributed by atoms with Gasteiger partial charge in [-0.15, -0.1) is 5.10 Å². The Labute approximate surface area is 147 Å². The summed E-state index contributed by atoms with van der Waals surface area (Å²) >= 11 is 5.89. The van der Waals surface area contributed by atoms with Crippen molar-refractivity contribution in [2.24, 2.45) is 0 Å². The predicted molar refractivity (Wildman–Crippen MR) is 92.5 cm³/mol. The average Bonchev–Trinajstić information content (AvgIpc) is 3.02. The molecule has 0 saturated carbocycles. The molecule has 130 valence electrons.